The van der Waals surface area contributed by atoms with E-state index in [0.29, 0.717) is 17.0 Å². The number of hydrogen-bond acceptors (Lipinski definition) is 5. The zero-order valence-corrected chi connectivity index (χ0v) is 16.1. The average Bonchev–Trinajstić information content (AvgIpc) is 2.99. The molecule has 27 heavy (non-hydrogen) atoms. The molecule has 0 radical (unpaired) electrons. The standard InChI is InChI=1S/C18H20N4O4S/c1-4-27(25,26)14-7-5-13(6-8-14)20-17(23)9-15-11(2)19-16-10-18(24)21-22(16)12(15)3/h5-8,10H,4,9H2,1-3H3,(H,20,23)(H,21,24). The molecule has 3 rings (SSSR count). The van der Waals surface area contributed by atoms with Crippen LogP contribution in [0.3, 0.4) is 0 Å². The number of fused-ring (bicyclic) bond motifs is 1. The highest BCUT2D eigenvalue weighted by atomic mass is 32.2. The SMILES string of the molecule is CCS(=O)(=O)c1ccc(NC(=O)Cc2c(C)nc3cc(=O)[nH]n3c2C)cc1. The first-order chi connectivity index (χ1) is 12.7. The van der Waals surface area contributed by atoms with Gasteiger partial charge < -0.3 is 5.32 Å². The smallest absolute Gasteiger partial charge is 0.266 e. The van der Waals surface area contributed by atoms with Gasteiger partial charge in [0.25, 0.3) is 5.56 Å². The minimum absolute atomic E-state index is 0.0220. The molecule has 0 spiro atoms. The van der Waals surface area contributed by atoms with Crippen LogP contribution in [-0.4, -0.2) is 34.7 Å². The fourth-order valence-electron chi connectivity index (χ4n) is 2.89. The van der Waals surface area contributed by atoms with Crippen LogP contribution in [0.25, 0.3) is 5.65 Å². The van der Waals surface area contributed by atoms with E-state index in [4.69, 9.17) is 0 Å². The number of H-pyrrole nitrogens is 1. The van der Waals surface area contributed by atoms with E-state index in [-0.39, 0.29) is 28.5 Å². The van der Waals surface area contributed by atoms with Crippen LogP contribution in [0.2, 0.25) is 0 Å². The van der Waals surface area contributed by atoms with Gasteiger partial charge in [-0.1, -0.05) is 6.92 Å². The van der Waals surface area contributed by atoms with Gasteiger partial charge >= 0.3 is 0 Å². The number of rotatable bonds is 5. The van der Waals surface area contributed by atoms with Crippen molar-refractivity contribution in [1.29, 1.82) is 0 Å². The van der Waals surface area contributed by atoms with Crippen LogP contribution in [-0.2, 0) is 21.1 Å². The van der Waals surface area contributed by atoms with Crippen molar-refractivity contribution in [3.63, 3.8) is 0 Å². The number of nitrogens with zero attached hydrogens (tertiary/aromatic N) is 2. The molecule has 9 heteroatoms. The second-order valence-electron chi connectivity index (χ2n) is 6.23. The maximum Gasteiger partial charge on any atom is 0.266 e. The number of carbonyl (C=O) groups excluding carboxylic acids is 1. The number of hydrogen-bond donors (Lipinski definition) is 2. The van der Waals surface area contributed by atoms with Crippen LogP contribution < -0.4 is 10.9 Å². The van der Waals surface area contributed by atoms with Crippen molar-refractivity contribution in [2.24, 2.45) is 0 Å². The van der Waals surface area contributed by atoms with E-state index in [1.54, 1.807) is 30.5 Å². The highest BCUT2D eigenvalue weighted by Crippen LogP contribution is 2.17. The van der Waals surface area contributed by atoms with Gasteiger partial charge in [-0.25, -0.2) is 17.9 Å². The van der Waals surface area contributed by atoms with Crippen LogP contribution in [0.15, 0.2) is 40.0 Å². The summed E-state index contributed by atoms with van der Waals surface area (Å²) in [4.78, 5) is 28.5. The van der Waals surface area contributed by atoms with Crippen molar-refractivity contribution in [2.75, 3.05) is 11.1 Å². The topological polar surface area (TPSA) is 113 Å². The van der Waals surface area contributed by atoms with Gasteiger partial charge in [0.1, 0.15) is 0 Å². The second kappa shape index (κ2) is 6.99. The number of aryl methyl sites for hydroxylation is 2. The van der Waals surface area contributed by atoms with Gasteiger partial charge in [-0.3, -0.25) is 14.7 Å². The van der Waals surface area contributed by atoms with Crippen LogP contribution in [0.5, 0.6) is 0 Å². The normalized spacial score (nSPS) is 11.7. The van der Waals surface area contributed by atoms with Crippen molar-refractivity contribution < 1.29 is 13.2 Å². The third-order valence-corrected chi connectivity index (χ3v) is 6.17. The van der Waals surface area contributed by atoms with Gasteiger partial charge in [0.05, 0.1) is 17.1 Å². The number of carbonyl (C=O) groups is 1. The summed E-state index contributed by atoms with van der Waals surface area (Å²) in [6.45, 7) is 5.18. The summed E-state index contributed by atoms with van der Waals surface area (Å²) in [5.74, 6) is -0.239. The Kier molecular flexibility index (Phi) is 4.88. The molecule has 0 saturated carbocycles. The van der Waals surface area contributed by atoms with Crippen LogP contribution in [0.1, 0.15) is 23.9 Å². The molecule has 1 aromatic carbocycles. The summed E-state index contributed by atoms with van der Waals surface area (Å²) < 4.78 is 25.2. The predicted molar refractivity (Wildman–Crippen MR) is 102 cm³/mol. The Hall–Kier alpha value is -2.94. The number of benzene rings is 1. The molecule has 0 aliphatic heterocycles. The average molecular weight is 388 g/mol. The molecule has 2 aromatic heterocycles. The lowest BCUT2D eigenvalue weighted by Crippen LogP contribution is -2.18. The molecule has 0 bridgehead atoms. The predicted octanol–water partition coefficient (Wildman–Crippen LogP) is 1.61. The Morgan fingerprint density at radius 3 is 2.52 bits per heavy atom. The maximum absolute atomic E-state index is 12.4. The lowest BCUT2D eigenvalue weighted by Gasteiger charge is -2.12. The van der Waals surface area contributed by atoms with Crippen molar-refractivity contribution in [1.82, 2.24) is 14.6 Å². The largest absolute Gasteiger partial charge is 0.326 e. The van der Waals surface area contributed by atoms with Gasteiger partial charge in [-0.15, -0.1) is 0 Å². The van der Waals surface area contributed by atoms with Crippen LogP contribution >= 0.6 is 0 Å². The first kappa shape index (κ1) is 18.8. The molecule has 2 heterocycles. The van der Waals surface area contributed by atoms with Gasteiger partial charge in [0.2, 0.25) is 5.91 Å². The molecule has 0 fully saturated rings. The summed E-state index contributed by atoms with van der Waals surface area (Å²) in [6, 6.07) is 7.47. The van der Waals surface area contributed by atoms with Crippen molar-refractivity contribution in [2.45, 2.75) is 32.1 Å². The third kappa shape index (κ3) is 3.77. The Morgan fingerprint density at radius 2 is 1.89 bits per heavy atom. The second-order valence-corrected chi connectivity index (χ2v) is 8.51. The molecular formula is C18H20N4O4S. The molecular weight excluding hydrogens is 368 g/mol. The molecule has 2 N–H and O–H groups in total. The fraction of sp³-hybridized carbons (Fsp3) is 0.278. The van der Waals surface area contributed by atoms with E-state index >= 15 is 0 Å². The van der Waals surface area contributed by atoms with Gasteiger partial charge in [0.15, 0.2) is 15.5 Å². The number of sulfone groups is 1. The molecule has 0 atom stereocenters. The van der Waals surface area contributed by atoms with E-state index in [1.807, 2.05) is 6.92 Å². The number of amides is 1. The first-order valence-electron chi connectivity index (χ1n) is 8.42. The molecule has 0 aliphatic carbocycles. The summed E-state index contributed by atoms with van der Waals surface area (Å²) in [5, 5.41) is 5.41. The molecule has 1 amide bonds. The molecule has 142 valence electrons. The van der Waals surface area contributed by atoms with Crippen LogP contribution in [0, 0.1) is 13.8 Å². The lowest BCUT2D eigenvalue weighted by atomic mass is 10.1. The summed E-state index contributed by atoms with van der Waals surface area (Å²) in [6.07, 6.45) is 0.0792. The Labute approximate surface area is 156 Å². The van der Waals surface area contributed by atoms with Crippen molar-refractivity contribution in [3.05, 3.63) is 57.6 Å². The van der Waals surface area contributed by atoms with E-state index in [1.165, 1.54) is 18.2 Å². The molecule has 0 aliphatic rings. The number of anilines is 1. The Bertz CT molecular complexity index is 1170. The molecule has 3 aromatic rings. The van der Waals surface area contributed by atoms with E-state index < -0.39 is 9.84 Å². The summed E-state index contributed by atoms with van der Waals surface area (Å²) in [5.41, 5.74) is 2.89. The fourth-order valence-corrected chi connectivity index (χ4v) is 3.77. The van der Waals surface area contributed by atoms with Crippen molar-refractivity contribution >= 4 is 27.1 Å². The maximum atomic E-state index is 12.4. The zero-order chi connectivity index (χ0) is 19.8. The quantitative estimate of drug-likeness (QED) is 0.689. The highest BCUT2D eigenvalue weighted by Gasteiger charge is 2.15. The van der Waals surface area contributed by atoms with Gasteiger partial charge in [0, 0.05) is 28.7 Å². The molecule has 0 saturated heterocycles. The number of aromatic nitrogens is 3. The number of nitrogens with one attached hydrogen (secondary N) is 2. The first-order valence-corrected chi connectivity index (χ1v) is 10.1. The Balaban J connectivity index is 1.80. The van der Waals surface area contributed by atoms with Gasteiger partial charge in [-0.2, -0.15) is 0 Å². The summed E-state index contributed by atoms with van der Waals surface area (Å²) in [7, 11) is -3.27. The lowest BCUT2D eigenvalue weighted by molar-refractivity contribution is -0.115. The molecule has 8 nitrogen and oxygen atoms in total. The van der Waals surface area contributed by atoms with E-state index in [0.717, 1.165) is 11.3 Å². The monoisotopic (exact) mass is 388 g/mol. The van der Waals surface area contributed by atoms with Gasteiger partial charge in [-0.05, 0) is 38.1 Å². The minimum atomic E-state index is -3.27. The third-order valence-electron chi connectivity index (χ3n) is 4.42. The minimum Gasteiger partial charge on any atom is -0.326 e. The number of aromatic amines is 1. The highest BCUT2D eigenvalue weighted by molar-refractivity contribution is 7.91. The Morgan fingerprint density at radius 1 is 1.22 bits per heavy atom. The zero-order valence-electron chi connectivity index (χ0n) is 15.2. The summed E-state index contributed by atoms with van der Waals surface area (Å²) >= 11 is 0. The van der Waals surface area contributed by atoms with E-state index in [2.05, 4.69) is 15.4 Å². The molecule has 0 unspecified atom stereocenters. The van der Waals surface area contributed by atoms with Crippen LogP contribution in [0.4, 0.5) is 5.69 Å². The van der Waals surface area contributed by atoms with Crippen molar-refractivity contribution in [3.8, 4) is 0 Å². The van der Waals surface area contributed by atoms with E-state index in [9.17, 15) is 18.0 Å².